The van der Waals surface area contributed by atoms with E-state index in [0.29, 0.717) is 19.6 Å². The normalized spacial score (nSPS) is 10.0. The molecular weight excluding hydrogens is 294 g/mol. The first-order valence-electron chi connectivity index (χ1n) is 9.35. The molecule has 2 nitrogen and oxygen atoms in total. The van der Waals surface area contributed by atoms with E-state index >= 15 is 0 Å². The van der Waals surface area contributed by atoms with Gasteiger partial charge >= 0.3 is 0 Å². The third-order valence-corrected chi connectivity index (χ3v) is 4.03. The molecule has 130 valence electrons. The summed E-state index contributed by atoms with van der Waals surface area (Å²) in [6.07, 6.45) is 12.2. The molecular formula is C22H31NO. The van der Waals surface area contributed by atoms with Gasteiger partial charge in [0.25, 0.3) is 0 Å². The monoisotopic (exact) mass is 325 g/mol. The van der Waals surface area contributed by atoms with Gasteiger partial charge in [-0.25, -0.2) is 0 Å². The van der Waals surface area contributed by atoms with Crippen LogP contribution in [-0.2, 0) is 17.8 Å². The second-order valence-electron chi connectivity index (χ2n) is 6.22. The van der Waals surface area contributed by atoms with Crippen molar-refractivity contribution in [2.24, 2.45) is 0 Å². The fourth-order valence-corrected chi connectivity index (χ4v) is 2.55. The Morgan fingerprint density at radius 1 is 0.833 bits per heavy atom. The minimum atomic E-state index is 0.464. The summed E-state index contributed by atoms with van der Waals surface area (Å²) < 4.78 is 5.56. The van der Waals surface area contributed by atoms with Crippen LogP contribution in [0.2, 0.25) is 0 Å². The maximum Gasteiger partial charge on any atom is 0.108 e. The van der Waals surface area contributed by atoms with Crippen molar-refractivity contribution in [2.75, 3.05) is 6.61 Å². The molecule has 0 atom stereocenters. The summed E-state index contributed by atoms with van der Waals surface area (Å²) in [4.78, 5) is 0. The minimum absolute atomic E-state index is 0.464. The molecule has 1 aromatic carbocycles. The predicted molar refractivity (Wildman–Crippen MR) is 100 cm³/mol. The fourth-order valence-electron chi connectivity index (χ4n) is 2.55. The molecule has 0 heterocycles. The van der Waals surface area contributed by atoms with Crippen molar-refractivity contribution < 1.29 is 4.74 Å². The molecule has 0 fully saturated rings. The van der Waals surface area contributed by atoms with Crippen molar-refractivity contribution in [1.29, 1.82) is 5.26 Å². The van der Waals surface area contributed by atoms with Crippen LogP contribution in [0.3, 0.4) is 0 Å². The molecule has 0 aliphatic carbocycles. The second kappa shape index (κ2) is 14.8. The standard InChI is InChI=1S/C22H31NO/c1-2-3-4-5-6-7-8-9-10-11-12-19-24-20-22-15-13-21(14-16-22)17-18-23/h13-16H,2-10,17,19-20H2,1H3. The van der Waals surface area contributed by atoms with Crippen molar-refractivity contribution in [3.63, 3.8) is 0 Å². The third-order valence-electron chi connectivity index (χ3n) is 4.03. The van der Waals surface area contributed by atoms with Crippen LogP contribution in [0.1, 0.15) is 75.8 Å². The number of ether oxygens (including phenoxy) is 1. The molecule has 1 aromatic rings. The Morgan fingerprint density at radius 3 is 2.12 bits per heavy atom. The quantitative estimate of drug-likeness (QED) is 0.359. The Labute approximate surface area is 148 Å². The molecule has 0 saturated carbocycles. The number of nitriles is 1. The Hall–Kier alpha value is -1.77. The fraction of sp³-hybridized carbons (Fsp3) is 0.591. The molecule has 0 aromatic heterocycles. The lowest BCUT2D eigenvalue weighted by Crippen LogP contribution is -1.93. The van der Waals surface area contributed by atoms with Gasteiger partial charge in [0, 0.05) is 6.42 Å². The average Bonchev–Trinajstić information content (AvgIpc) is 2.60. The van der Waals surface area contributed by atoms with Gasteiger partial charge in [-0.2, -0.15) is 5.26 Å². The number of hydrogen-bond acceptors (Lipinski definition) is 2. The second-order valence-corrected chi connectivity index (χ2v) is 6.22. The van der Waals surface area contributed by atoms with Crippen molar-refractivity contribution >= 4 is 0 Å². The topological polar surface area (TPSA) is 33.0 Å². The van der Waals surface area contributed by atoms with Crippen LogP contribution in [0.25, 0.3) is 0 Å². The van der Waals surface area contributed by atoms with Crippen LogP contribution >= 0.6 is 0 Å². The zero-order chi connectivity index (χ0) is 17.3. The van der Waals surface area contributed by atoms with Crippen LogP contribution < -0.4 is 0 Å². The molecule has 0 aliphatic rings. The molecule has 0 radical (unpaired) electrons. The van der Waals surface area contributed by atoms with Crippen LogP contribution in [0, 0.1) is 23.2 Å². The van der Waals surface area contributed by atoms with Crippen molar-refractivity contribution in [3.05, 3.63) is 35.4 Å². The first kappa shape index (κ1) is 20.3. The summed E-state index contributed by atoms with van der Waals surface area (Å²) in [5.74, 6) is 6.29. The van der Waals surface area contributed by atoms with E-state index in [-0.39, 0.29) is 0 Å². The van der Waals surface area contributed by atoms with E-state index in [1.807, 2.05) is 24.3 Å². The van der Waals surface area contributed by atoms with Crippen molar-refractivity contribution in [1.82, 2.24) is 0 Å². The van der Waals surface area contributed by atoms with E-state index in [0.717, 1.165) is 17.5 Å². The first-order chi connectivity index (χ1) is 11.9. The van der Waals surface area contributed by atoms with Gasteiger partial charge in [-0.05, 0) is 17.5 Å². The number of nitrogens with zero attached hydrogens (tertiary/aromatic N) is 1. The van der Waals surface area contributed by atoms with Gasteiger partial charge in [0.05, 0.1) is 19.1 Å². The SMILES string of the molecule is CCCCCCCCCCC#CCOCc1ccc(CC#N)cc1. The van der Waals surface area contributed by atoms with E-state index in [1.54, 1.807) is 0 Å². The summed E-state index contributed by atoms with van der Waals surface area (Å²) in [6, 6.07) is 10.1. The van der Waals surface area contributed by atoms with Gasteiger partial charge < -0.3 is 4.74 Å². The lowest BCUT2D eigenvalue weighted by atomic mass is 10.1. The zero-order valence-electron chi connectivity index (χ0n) is 15.2. The summed E-state index contributed by atoms with van der Waals surface area (Å²) in [7, 11) is 0. The van der Waals surface area contributed by atoms with E-state index in [4.69, 9.17) is 10.00 Å². The molecule has 2 heteroatoms. The molecule has 0 bridgehead atoms. The van der Waals surface area contributed by atoms with E-state index in [1.165, 1.54) is 51.4 Å². The lowest BCUT2D eigenvalue weighted by molar-refractivity contribution is 0.153. The number of unbranched alkanes of at least 4 members (excludes halogenated alkanes) is 8. The maximum absolute atomic E-state index is 8.63. The molecule has 0 spiro atoms. The molecule has 1 rings (SSSR count). The number of benzene rings is 1. The highest BCUT2D eigenvalue weighted by atomic mass is 16.5. The van der Waals surface area contributed by atoms with Gasteiger partial charge in [-0.3, -0.25) is 0 Å². The van der Waals surface area contributed by atoms with Crippen molar-refractivity contribution in [2.45, 2.75) is 77.7 Å². The minimum Gasteiger partial charge on any atom is -0.364 e. The molecule has 24 heavy (non-hydrogen) atoms. The van der Waals surface area contributed by atoms with Gasteiger partial charge in [0.1, 0.15) is 6.61 Å². The number of rotatable bonds is 12. The Balaban J connectivity index is 1.96. The highest BCUT2D eigenvalue weighted by molar-refractivity contribution is 5.24. The largest absolute Gasteiger partial charge is 0.364 e. The third kappa shape index (κ3) is 10.9. The lowest BCUT2D eigenvalue weighted by Gasteiger charge is -2.01. The molecule has 0 saturated heterocycles. The van der Waals surface area contributed by atoms with E-state index in [9.17, 15) is 0 Å². The first-order valence-corrected chi connectivity index (χ1v) is 9.35. The molecule has 0 amide bonds. The summed E-state index contributed by atoms with van der Waals surface area (Å²) >= 11 is 0. The maximum atomic E-state index is 8.63. The van der Waals surface area contributed by atoms with E-state index < -0.39 is 0 Å². The highest BCUT2D eigenvalue weighted by Crippen LogP contribution is 2.09. The zero-order valence-corrected chi connectivity index (χ0v) is 15.2. The number of hydrogen-bond donors (Lipinski definition) is 0. The van der Waals surface area contributed by atoms with Crippen LogP contribution in [0.5, 0.6) is 0 Å². The summed E-state index contributed by atoms with van der Waals surface area (Å²) in [5, 5.41) is 8.63. The smallest absolute Gasteiger partial charge is 0.108 e. The van der Waals surface area contributed by atoms with Gasteiger partial charge in [-0.1, -0.05) is 82.1 Å². The van der Waals surface area contributed by atoms with Gasteiger partial charge in [0.2, 0.25) is 0 Å². The van der Waals surface area contributed by atoms with Gasteiger partial charge in [-0.15, -0.1) is 5.92 Å². The summed E-state index contributed by atoms with van der Waals surface area (Å²) in [5.41, 5.74) is 2.17. The molecule has 0 aliphatic heterocycles. The molecule has 0 unspecified atom stereocenters. The Kier molecular flexibility index (Phi) is 12.5. The average molecular weight is 325 g/mol. The predicted octanol–water partition coefficient (Wildman–Crippen LogP) is 5.80. The van der Waals surface area contributed by atoms with Gasteiger partial charge in [0.15, 0.2) is 0 Å². The highest BCUT2D eigenvalue weighted by Gasteiger charge is 1.94. The Bertz CT molecular complexity index is 516. The van der Waals surface area contributed by atoms with Crippen LogP contribution in [0.4, 0.5) is 0 Å². The van der Waals surface area contributed by atoms with E-state index in [2.05, 4.69) is 24.8 Å². The van der Waals surface area contributed by atoms with Crippen LogP contribution in [0.15, 0.2) is 24.3 Å². The molecule has 0 N–H and O–H groups in total. The summed E-state index contributed by atoms with van der Waals surface area (Å²) in [6.45, 7) is 3.34. The van der Waals surface area contributed by atoms with Crippen LogP contribution in [-0.4, -0.2) is 6.61 Å². The Morgan fingerprint density at radius 2 is 1.46 bits per heavy atom. The van der Waals surface area contributed by atoms with Crippen molar-refractivity contribution in [3.8, 4) is 17.9 Å².